The van der Waals surface area contributed by atoms with E-state index < -0.39 is 10.0 Å². The van der Waals surface area contributed by atoms with Crippen LogP contribution in [-0.2, 0) is 14.8 Å². The molecule has 0 aromatic carbocycles. The van der Waals surface area contributed by atoms with Gasteiger partial charge in [0.1, 0.15) is 0 Å². The summed E-state index contributed by atoms with van der Waals surface area (Å²) in [7, 11) is 0.0884. The van der Waals surface area contributed by atoms with Crippen LogP contribution in [0.2, 0.25) is 0 Å². The number of sulfonamides is 1. The summed E-state index contributed by atoms with van der Waals surface area (Å²) < 4.78 is 29.3. The van der Waals surface area contributed by atoms with Crippen LogP contribution in [0.3, 0.4) is 0 Å². The minimum atomic E-state index is -3.03. The average molecular weight is 207 g/mol. The van der Waals surface area contributed by atoms with Crippen LogP contribution in [0.4, 0.5) is 0 Å². The lowest BCUT2D eigenvalue weighted by atomic mass is 10.2. The molecule has 1 heterocycles. The van der Waals surface area contributed by atoms with Crippen molar-refractivity contribution in [2.75, 3.05) is 26.5 Å². The quantitative estimate of drug-likeness (QED) is 0.672. The highest BCUT2D eigenvalue weighted by molar-refractivity contribution is 7.89. The zero-order valence-electron chi connectivity index (χ0n) is 8.19. The van der Waals surface area contributed by atoms with E-state index in [0.29, 0.717) is 6.42 Å². The van der Waals surface area contributed by atoms with Gasteiger partial charge >= 0.3 is 0 Å². The molecule has 0 amide bonds. The second kappa shape index (κ2) is 4.39. The van der Waals surface area contributed by atoms with Crippen molar-refractivity contribution in [2.24, 2.45) is 0 Å². The van der Waals surface area contributed by atoms with Gasteiger partial charge in [0.25, 0.3) is 0 Å². The van der Waals surface area contributed by atoms with Crippen LogP contribution in [0.15, 0.2) is 0 Å². The molecule has 0 bridgehead atoms. The minimum Gasteiger partial charge on any atom is -0.378 e. The molecule has 0 radical (unpaired) electrons. The first kappa shape index (κ1) is 10.9. The van der Waals surface area contributed by atoms with Crippen molar-refractivity contribution in [1.29, 1.82) is 0 Å². The van der Waals surface area contributed by atoms with E-state index in [1.807, 2.05) is 0 Å². The van der Waals surface area contributed by atoms with Gasteiger partial charge in [-0.15, -0.1) is 0 Å². The van der Waals surface area contributed by atoms with E-state index in [1.54, 1.807) is 14.1 Å². The Kier molecular flexibility index (Phi) is 3.70. The SMILES string of the molecule is CN(C)S(=O)(=O)CCC1CCCO1. The van der Waals surface area contributed by atoms with E-state index in [0.717, 1.165) is 19.4 Å². The smallest absolute Gasteiger partial charge is 0.213 e. The first-order chi connectivity index (χ1) is 6.02. The highest BCUT2D eigenvalue weighted by Gasteiger charge is 2.20. The van der Waals surface area contributed by atoms with Gasteiger partial charge in [-0.1, -0.05) is 0 Å². The Balaban J connectivity index is 2.33. The molecule has 1 atom stereocenters. The van der Waals surface area contributed by atoms with Crippen molar-refractivity contribution in [1.82, 2.24) is 4.31 Å². The van der Waals surface area contributed by atoms with E-state index in [1.165, 1.54) is 4.31 Å². The first-order valence-corrected chi connectivity index (χ1v) is 6.15. The van der Waals surface area contributed by atoms with Gasteiger partial charge in [-0.3, -0.25) is 0 Å². The van der Waals surface area contributed by atoms with E-state index in [4.69, 9.17) is 4.74 Å². The standard InChI is InChI=1S/C8H17NO3S/c1-9(2)13(10,11)7-5-8-4-3-6-12-8/h8H,3-7H2,1-2H3. The van der Waals surface area contributed by atoms with E-state index in [-0.39, 0.29) is 11.9 Å². The molecule has 13 heavy (non-hydrogen) atoms. The normalized spacial score (nSPS) is 24.1. The molecule has 0 saturated carbocycles. The number of hydrogen-bond donors (Lipinski definition) is 0. The minimum absolute atomic E-state index is 0.162. The summed E-state index contributed by atoms with van der Waals surface area (Å²) in [6.07, 6.45) is 2.85. The summed E-state index contributed by atoms with van der Waals surface area (Å²) in [5, 5.41) is 0. The lowest BCUT2D eigenvalue weighted by Crippen LogP contribution is -2.27. The van der Waals surface area contributed by atoms with Gasteiger partial charge in [0.15, 0.2) is 0 Å². The predicted molar refractivity (Wildman–Crippen MR) is 51.1 cm³/mol. The molecule has 1 aliphatic heterocycles. The van der Waals surface area contributed by atoms with E-state index in [9.17, 15) is 8.42 Å². The number of nitrogens with zero attached hydrogens (tertiary/aromatic N) is 1. The van der Waals surface area contributed by atoms with E-state index >= 15 is 0 Å². The molecule has 78 valence electrons. The van der Waals surface area contributed by atoms with Crippen molar-refractivity contribution in [3.05, 3.63) is 0 Å². The topological polar surface area (TPSA) is 46.6 Å². The molecular formula is C8H17NO3S. The van der Waals surface area contributed by atoms with Crippen LogP contribution >= 0.6 is 0 Å². The molecule has 0 spiro atoms. The monoisotopic (exact) mass is 207 g/mol. The maximum Gasteiger partial charge on any atom is 0.213 e. The molecule has 1 rings (SSSR count). The summed E-state index contributed by atoms with van der Waals surface area (Å²) in [5.74, 6) is 0.199. The number of ether oxygens (including phenoxy) is 1. The maximum atomic E-state index is 11.4. The van der Waals surface area contributed by atoms with Gasteiger partial charge in [-0.25, -0.2) is 12.7 Å². The van der Waals surface area contributed by atoms with Gasteiger partial charge < -0.3 is 4.74 Å². The zero-order chi connectivity index (χ0) is 9.90. The van der Waals surface area contributed by atoms with E-state index in [2.05, 4.69) is 0 Å². The largest absolute Gasteiger partial charge is 0.378 e. The fraction of sp³-hybridized carbons (Fsp3) is 1.00. The summed E-state index contributed by atoms with van der Waals surface area (Å²) in [5.41, 5.74) is 0. The van der Waals surface area contributed by atoms with Crippen LogP contribution in [0.25, 0.3) is 0 Å². The molecule has 5 heteroatoms. The van der Waals surface area contributed by atoms with Gasteiger partial charge in [0.05, 0.1) is 11.9 Å². The zero-order valence-corrected chi connectivity index (χ0v) is 9.01. The highest BCUT2D eigenvalue weighted by Crippen LogP contribution is 2.16. The fourth-order valence-electron chi connectivity index (χ4n) is 1.33. The Morgan fingerprint density at radius 2 is 2.15 bits per heavy atom. The molecule has 0 N–H and O–H groups in total. The van der Waals surface area contributed by atoms with Crippen molar-refractivity contribution < 1.29 is 13.2 Å². The van der Waals surface area contributed by atoms with Gasteiger partial charge in [0.2, 0.25) is 10.0 Å². The first-order valence-electron chi connectivity index (χ1n) is 4.54. The molecule has 0 aliphatic carbocycles. The Morgan fingerprint density at radius 1 is 1.46 bits per heavy atom. The van der Waals surface area contributed by atoms with Crippen molar-refractivity contribution in [2.45, 2.75) is 25.4 Å². The third-order valence-corrected chi connectivity index (χ3v) is 4.14. The second-order valence-electron chi connectivity index (χ2n) is 3.52. The van der Waals surface area contributed by atoms with Crippen LogP contribution in [0.5, 0.6) is 0 Å². The third-order valence-electron chi connectivity index (χ3n) is 2.28. The van der Waals surface area contributed by atoms with Crippen molar-refractivity contribution in [3.8, 4) is 0 Å². The van der Waals surface area contributed by atoms with Crippen LogP contribution in [0, 0.1) is 0 Å². The predicted octanol–water partition coefficient (Wildman–Crippen LogP) is 0.447. The third kappa shape index (κ3) is 3.25. The van der Waals surface area contributed by atoms with Crippen LogP contribution < -0.4 is 0 Å². The van der Waals surface area contributed by atoms with Crippen LogP contribution in [0.1, 0.15) is 19.3 Å². The van der Waals surface area contributed by atoms with Crippen LogP contribution in [-0.4, -0.2) is 45.3 Å². The molecule has 1 fully saturated rings. The molecule has 1 unspecified atom stereocenters. The molecule has 1 aliphatic rings. The van der Waals surface area contributed by atoms with Gasteiger partial charge in [-0.2, -0.15) is 0 Å². The summed E-state index contributed by atoms with van der Waals surface area (Å²) in [6, 6.07) is 0. The molecule has 1 saturated heterocycles. The maximum absolute atomic E-state index is 11.4. The highest BCUT2D eigenvalue weighted by atomic mass is 32.2. The molecule has 0 aromatic heterocycles. The Labute approximate surface area is 79.9 Å². The number of rotatable bonds is 4. The Morgan fingerprint density at radius 3 is 2.62 bits per heavy atom. The Hall–Kier alpha value is -0.130. The lowest BCUT2D eigenvalue weighted by molar-refractivity contribution is 0.108. The summed E-state index contributed by atoms with van der Waals surface area (Å²) in [4.78, 5) is 0. The summed E-state index contributed by atoms with van der Waals surface area (Å²) >= 11 is 0. The number of hydrogen-bond acceptors (Lipinski definition) is 3. The Bertz CT molecular complexity index is 242. The summed E-state index contributed by atoms with van der Waals surface area (Å²) in [6.45, 7) is 0.784. The molecular weight excluding hydrogens is 190 g/mol. The lowest BCUT2D eigenvalue weighted by Gasteiger charge is -2.13. The van der Waals surface area contributed by atoms with Gasteiger partial charge in [0, 0.05) is 20.7 Å². The molecule has 4 nitrogen and oxygen atoms in total. The average Bonchev–Trinajstić information content (AvgIpc) is 2.52. The molecule has 0 aromatic rings. The van der Waals surface area contributed by atoms with Crippen molar-refractivity contribution in [3.63, 3.8) is 0 Å². The second-order valence-corrected chi connectivity index (χ2v) is 5.82. The van der Waals surface area contributed by atoms with Crippen molar-refractivity contribution >= 4 is 10.0 Å². The fourth-order valence-corrected chi connectivity index (χ4v) is 2.26. The van der Waals surface area contributed by atoms with Gasteiger partial charge in [-0.05, 0) is 19.3 Å².